The second kappa shape index (κ2) is 7.00. The molecule has 1 aliphatic heterocycles. The molecule has 1 saturated heterocycles. The van der Waals surface area contributed by atoms with Gasteiger partial charge in [0.2, 0.25) is 11.8 Å². The fourth-order valence-corrected chi connectivity index (χ4v) is 11.7. The standard InChI is InChI=1S/C29H44N2O2/c1-27-9-7-22-20(3-6-24-28(22,2)10-8-25(32)30-24)21(27)4-5-23(27)26(33)31-29-14-17-11-18(15-29)13-19(12-17)16-29/h17-24H,3-16H2,1-2H3,(H,30,32)(H,31,33)/t17?,18?,19?,20-,21-,22-,23+,24+,27-,28+,29?/m0/s1. The summed E-state index contributed by atoms with van der Waals surface area (Å²) in [4.78, 5) is 26.0. The van der Waals surface area contributed by atoms with Gasteiger partial charge in [0.1, 0.15) is 0 Å². The lowest BCUT2D eigenvalue weighted by Gasteiger charge is -2.60. The normalized spacial score (nSPS) is 56.5. The van der Waals surface area contributed by atoms with Gasteiger partial charge in [0.15, 0.2) is 0 Å². The minimum atomic E-state index is 0.142. The molecule has 7 saturated carbocycles. The van der Waals surface area contributed by atoms with E-state index < -0.39 is 0 Å². The molecule has 33 heavy (non-hydrogen) atoms. The van der Waals surface area contributed by atoms with Crippen molar-refractivity contribution in [2.45, 2.75) is 115 Å². The van der Waals surface area contributed by atoms with Crippen LogP contribution in [-0.2, 0) is 9.59 Å². The number of piperidine rings is 1. The summed E-state index contributed by atoms with van der Waals surface area (Å²) in [5, 5.41) is 7.13. The molecule has 7 aliphatic carbocycles. The fourth-order valence-electron chi connectivity index (χ4n) is 11.7. The minimum absolute atomic E-state index is 0.142. The van der Waals surface area contributed by atoms with Crippen molar-refractivity contribution < 1.29 is 9.59 Å². The van der Waals surface area contributed by atoms with Crippen LogP contribution in [0.4, 0.5) is 0 Å². The summed E-state index contributed by atoms with van der Waals surface area (Å²) in [6, 6.07) is 0.376. The van der Waals surface area contributed by atoms with E-state index in [0.29, 0.717) is 24.3 Å². The van der Waals surface area contributed by atoms with Crippen molar-refractivity contribution in [2.24, 2.45) is 52.3 Å². The van der Waals surface area contributed by atoms with Crippen molar-refractivity contribution in [3.05, 3.63) is 0 Å². The van der Waals surface area contributed by atoms with E-state index in [-0.39, 0.29) is 28.2 Å². The molecule has 2 N–H and O–H groups in total. The molecule has 1 heterocycles. The Kier molecular flexibility index (Phi) is 4.51. The summed E-state index contributed by atoms with van der Waals surface area (Å²) in [6.07, 6.45) is 17.0. The van der Waals surface area contributed by atoms with Gasteiger partial charge in [-0.15, -0.1) is 0 Å². The SMILES string of the molecule is C[C@]12CCC(=O)N[C@@H]1CC[C@@H]1[C@@H]2CC[C@]2(C)[C@@H](C(=O)NC34CC5CC(CC(C5)C3)C4)CC[C@@H]12. The average Bonchev–Trinajstić information content (AvgIpc) is 3.10. The molecule has 4 nitrogen and oxygen atoms in total. The molecule has 0 spiro atoms. The number of hydrogen-bond acceptors (Lipinski definition) is 2. The predicted octanol–water partition coefficient (Wildman–Crippen LogP) is 5.21. The van der Waals surface area contributed by atoms with E-state index in [4.69, 9.17) is 0 Å². The molecule has 4 bridgehead atoms. The number of carbonyl (C=O) groups is 2. The average molecular weight is 453 g/mol. The number of fused-ring (bicyclic) bond motifs is 5. The Balaban J connectivity index is 1.10. The maximum absolute atomic E-state index is 13.9. The maximum atomic E-state index is 13.9. The zero-order chi connectivity index (χ0) is 22.6. The van der Waals surface area contributed by atoms with Crippen LogP contribution in [0.2, 0.25) is 0 Å². The third-order valence-electron chi connectivity index (χ3n) is 12.8. The molecule has 8 fully saturated rings. The Hall–Kier alpha value is -1.06. The second-order valence-electron chi connectivity index (χ2n) is 14.4. The summed E-state index contributed by atoms with van der Waals surface area (Å²) in [6.45, 7) is 4.96. The lowest BCUT2D eigenvalue weighted by Crippen LogP contribution is -2.62. The van der Waals surface area contributed by atoms with Crippen molar-refractivity contribution >= 4 is 11.8 Å². The lowest BCUT2D eigenvalue weighted by molar-refractivity contribution is -0.144. The highest BCUT2D eigenvalue weighted by molar-refractivity contribution is 5.81. The molecule has 8 rings (SSSR count). The van der Waals surface area contributed by atoms with Crippen molar-refractivity contribution in [1.29, 1.82) is 0 Å². The molecule has 0 aromatic carbocycles. The highest BCUT2D eigenvalue weighted by Crippen LogP contribution is 2.66. The smallest absolute Gasteiger partial charge is 0.224 e. The highest BCUT2D eigenvalue weighted by Gasteiger charge is 2.62. The van der Waals surface area contributed by atoms with E-state index in [2.05, 4.69) is 24.5 Å². The molecule has 4 heteroatoms. The van der Waals surface area contributed by atoms with E-state index >= 15 is 0 Å². The van der Waals surface area contributed by atoms with E-state index in [1.54, 1.807) is 0 Å². The topological polar surface area (TPSA) is 58.2 Å². The molecule has 0 radical (unpaired) electrons. The Morgan fingerprint density at radius 1 is 0.848 bits per heavy atom. The first-order valence-corrected chi connectivity index (χ1v) is 14.4. The molecule has 0 aromatic heterocycles. The molecule has 182 valence electrons. The van der Waals surface area contributed by atoms with E-state index in [9.17, 15) is 9.59 Å². The van der Waals surface area contributed by atoms with Crippen molar-refractivity contribution in [3.8, 4) is 0 Å². The van der Waals surface area contributed by atoms with Crippen LogP contribution in [0.5, 0.6) is 0 Å². The van der Waals surface area contributed by atoms with Gasteiger partial charge in [-0.1, -0.05) is 13.8 Å². The molecule has 8 aliphatic rings. The first kappa shape index (κ1) is 21.2. The van der Waals surface area contributed by atoms with Gasteiger partial charge in [0, 0.05) is 23.9 Å². The third kappa shape index (κ3) is 3.00. The third-order valence-corrected chi connectivity index (χ3v) is 12.8. The molecular weight excluding hydrogens is 408 g/mol. The predicted molar refractivity (Wildman–Crippen MR) is 128 cm³/mol. The van der Waals surface area contributed by atoms with E-state index in [1.807, 2.05) is 0 Å². The van der Waals surface area contributed by atoms with Crippen LogP contribution in [0.25, 0.3) is 0 Å². The van der Waals surface area contributed by atoms with Crippen LogP contribution < -0.4 is 10.6 Å². The Morgan fingerprint density at radius 2 is 1.52 bits per heavy atom. The number of carbonyl (C=O) groups excluding carboxylic acids is 2. The lowest BCUT2D eigenvalue weighted by atomic mass is 9.47. The summed E-state index contributed by atoms with van der Waals surface area (Å²) in [7, 11) is 0. The Labute approximate surface area is 199 Å². The van der Waals surface area contributed by atoms with Gasteiger partial charge >= 0.3 is 0 Å². The Morgan fingerprint density at radius 3 is 2.21 bits per heavy atom. The van der Waals surface area contributed by atoms with E-state index in [0.717, 1.165) is 48.9 Å². The first-order valence-electron chi connectivity index (χ1n) is 14.4. The summed E-state index contributed by atoms with van der Waals surface area (Å²) >= 11 is 0. The van der Waals surface area contributed by atoms with Gasteiger partial charge in [-0.2, -0.15) is 0 Å². The van der Waals surface area contributed by atoms with Gasteiger partial charge in [0.25, 0.3) is 0 Å². The Bertz CT molecular complexity index is 832. The minimum Gasteiger partial charge on any atom is -0.353 e. The number of amides is 2. The van der Waals surface area contributed by atoms with E-state index in [1.165, 1.54) is 64.2 Å². The number of hydrogen-bond donors (Lipinski definition) is 2. The fraction of sp³-hybridized carbons (Fsp3) is 0.931. The summed E-state index contributed by atoms with van der Waals surface area (Å²) < 4.78 is 0. The van der Waals surface area contributed by atoms with Gasteiger partial charge in [-0.05, 0) is 130 Å². The van der Waals surface area contributed by atoms with Crippen LogP contribution in [0.15, 0.2) is 0 Å². The largest absolute Gasteiger partial charge is 0.353 e. The molecule has 7 atom stereocenters. The molecule has 2 amide bonds. The first-order chi connectivity index (χ1) is 15.8. The van der Waals surface area contributed by atoms with Gasteiger partial charge < -0.3 is 10.6 Å². The van der Waals surface area contributed by atoms with Crippen LogP contribution in [0.3, 0.4) is 0 Å². The van der Waals surface area contributed by atoms with Crippen LogP contribution in [0, 0.1) is 52.3 Å². The highest BCUT2D eigenvalue weighted by atomic mass is 16.2. The van der Waals surface area contributed by atoms with Crippen molar-refractivity contribution in [1.82, 2.24) is 10.6 Å². The molecular formula is C29H44N2O2. The maximum Gasteiger partial charge on any atom is 0.224 e. The monoisotopic (exact) mass is 452 g/mol. The van der Waals surface area contributed by atoms with Crippen molar-refractivity contribution in [3.63, 3.8) is 0 Å². The zero-order valence-electron chi connectivity index (χ0n) is 20.8. The second-order valence-corrected chi connectivity index (χ2v) is 14.4. The summed E-state index contributed by atoms with van der Waals surface area (Å²) in [5.74, 6) is 5.70. The zero-order valence-corrected chi connectivity index (χ0v) is 20.8. The number of rotatable bonds is 2. The van der Waals surface area contributed by atoms with Crippen LogP contribution >= 0.6 is 0 Å². The molecule has 0 unspecified atom stereocenters. The molecule has 0 aromatic rings. The number of nitrogens with one attached hydrogen (secondary N) is 2. The van der Waals surface area contributed by atoms with Crippen LogP contribution in [-0.4, -0.2) is 23.4 Å². The van der Waals surface area contributed by atoms with Crippen molar-refractivity contribution in [2.75, 3.05) is 0 Å². The van der Waals surface area contributed by atoms with Gasteiger partial charge in [0.05, 0.1) is 0 Å². The quantitative estimate of drug-likeness (QED) is 0.604. The van der Waals surface area contributed by atoms with Crippen LogP contribution in [0.1, 0.15) is 104 Å². The summed E-state index contributed by atoms with van der Waals surface area (Å²) in [5.41, 5.74) is 0.579. The van der Waals surface area contributed by atoms with Gasteiger partial charge in [-0.3, -0.25) is 9.59 Å². The van der Waals surface area contributed by atoms with Gasteiger partial charge in [-0.25, -0.2) is 0 Å².